The fourth-order valence-corrected chi connectivity index (χ4v) is 2.22. The van der Waals surface area contributed by atoms with Crippen molar-refractivity contribution in [3.63, 3.8) is 0 Å². The Kier molecular flexibility index (Phi) is 3.98. The van der Waals surface area contributed by atoms with Gasteiger partial charge in [-0.15, -0.1) is 0 Å². The molecule has 100 valence electrons. The molecule has 2 heterocycles. The lowest BCUT2D eigenvalue weighted by atomic mass is 10.1. The quantitative estimate of drug-likeness (QED) is 0.862. The monoisotopic (exact) mass is 254 g/mol. The molecule has 1 N–H and O–H groups in total. The average Bonchev–Trinajstić information content (AvgIpc) is 2.62. The minimum Gasteiger partial charge on any atom is -0.481 e. The summed E-state index contributed by atoms with van der Waals surface area (Å²) in [5.41, 5.74) is 1.92. The Labute approximate surface area is 106 Å². The molecule has 0 aromatic carbocycles. The number of carboxylic acids is 1. The number of hydrogen-bond donors (Lipinski definition) is 1. The zero-order valence-electron chi connectivity index (χ0n) is 10.7. The fraction of sp³-hybridized carbons (Fsp3) is 0.667. The van der Waals surface area contributed by atoms with Crippen molar-refractivity contribution >= 4 is 5.97 Å². The average molecular weight is 254 g/mol. The molecule has 18 heavy (non-hydrogen) atoms. The summed E-state index contributed by atoms with van der Waals surface area (Å²) < 4.78 is 10.5. The summed E-state index contributed by atoms with van der Waals surface area (Å²) >= 11 is 0. The predicted molar refractivity (Wildman–Crippen MR) is 63.2 cm³/mol. The maximum Gasteiger partial charge on any atom is 0.305 e. The van der Waals surface area contributed by atoms with Crippen LogP contribution in [-0.2, 0) is 16.1 Å². The standard InChI is InChI=1S/C12H18N2O4/c1-8-11(9(2)18-13-8)6-14-3-4-17-7-10(14)5-12(15)16/h10H,3-7H2,1-2H3,(H,15,16)/t10-/m0/s1. The first kappa shape index (κ1) is 13.0. The molecule has 6 heteroatoms. The molecule has 0 radical (unpaired) electrons. The van der Waals surface area contributed by atoms with Crippen LogP contribution in [0.15, 0.2) is 4.52 Å². The second-order valence-corrected chi connectivity index (χ2v) is 4.60. The van der Waals surface area contributed by atoms with Gasteiger partial charge < -0.3 is 14.4 Å². The lowest BCUT2D eigenvalue weighted by Crippen LogP contribution is -2.46. The number of carboxylic acid groups (broad SMARTS) is 1. The van der Waals surface area contributed by atoms with Gasteiger partial charge in [-0.2, -0.15) is 0 Å². The van der Waals surface area contributed by atoms with E-state index in [0.29, 0.717) is 19.8 Å². The van der Waals surface area contributed by atoms with Gasteiger partial charge in [-0.3, -0.25) is 9.69 Å². The van der Waals surface area contributed by atoms with E-state index in [2.05, 4.69) is 10.1 Å². The Bertz CT molecular complexity index is 410. The van der Waals surface area contributed by atoms with E-state index in [4.69, 9.17) is 14.4 Å². The van der Waals surface area contributed by atoms with Gasteiger partial charge in [0.15, 0.2) is 0 Å². The Morgan fingerprint density at radius 3 is 2.94 bits per heavy atom. The predicted octanol–water partition coefficient (Wildman–Crippen LogP) is 0.967. The number of carbonyl (C=O) groups is 1. The van der Waals surface area contributed by atoms with Crippen molar-refractivity contribution in [2.45, 2.75) is 32.9 Å². The van der Waals surface area contributed by atoms with Crippen molar-refractivity contribution in [3.05, 3.63) is 17.0 Å². The van der Waals surface area contributed by atoms with Crippen LogP contribution in [0.4, 0.5) is 0 Å². The summed E-state index contributed by atoms with van der Waals surface area (Å²) in [6.45, 7) is 6.29. The van der Waals surface area contributed by atoms with E-state index in [1.807, 2.05) is 13.8 Å². The number of hydrogen-bond acceptors (Lipinski definition) is 5. The highest BCUT2D eigenvalue weighted by atomic mass is 16.5. The topological polar surface area (TPSA) is 75.8 Å². The molecule has 1 saturated heterocycles. The van der Waals surface area contributed by atoms with Crippen molar-refractivity contribution < 1.29 is 19.2 Å². The molecular formula is C12H18N2O4. The molecule has 0 saturated carbocycles. The SMILES string of the molecule is Cc1noc(C)c1CN1CCOC[C@@H]1CC(=O)O. The minimum atomic E-state index is -0.797. The molecule has 0 bridgehead atoms. The highest BCUT2D eigenvalue weighted by molar-refractivity contribution is 5.67. The van der Waals surface area contributed by atoms with Crippen molar-refractivity contribution in [1.82, 2.24) is 10.1 Å². The summed E-state index contributed by atoms with van der Waals surface area (Å²) in [7, 11) is 0. The van der Waals surface area contributed by atoms with Crippen LogP contribution in [0, 0.1) is 13.8 Å². The van der Waals surface area contributed by atoms with Crippen LogP contribution in [0.2, 0.25) is 0 Å². The fourth-order valence-electron chi connectivity index (χ4n) is 2.22. The highest BCUT2D eigenvalue weighted by Gasteiger charge is 2.26. The van der Waals surface area contributed by atoms with Gasteiger partial charge in [0.2, 0.25) is 0 Å². The molecule has 6 nitrogen and oxygen atoms in total. The Morgan fingerprint density at radius 1 is 1.56 bits per heavy atom. The van der Waals surface area contributed by atoms with Gasteiger partial charge in [0.1, 0.15) is 5.76 Å². The number of rotatable bonds is 4. The van der Waals surface area contributed by atoms with Gasteiger partial charge in [-0.25, -0.2) is 0 Å². The van der Waals surface area contributed by atoms with Crippen LogP contribution >= 0.6 is 0 Å². The van der Waals surface area contributed by atoms with Crippen molar-refractivity contribution in [2.24, 2.45) is 0 Å². The molecule has 1 aliphatic heterocycles. The second-order valence-electron chi connectivity index (χ2n) is 4.60. The van der Waals surface area contributed by atoms with Gasteiger partial charge in [0.25, 0.3) is 0 Å². The van der Waals surface area contributed by atoms with E-state index in [1.54, 1.807) is 0 Å². The Hall–Kier alpha value is -1.40. The Balaban J connectivity index is 2.07. The van der Waals surface area contributed by atoms with E-state index in [-0.39, 0.29) is 12.5 Å². The molecule has 1 atom stereocenters. The van der Waals surface area contributed by atoms with Crippen LogP contribution < -0.4 is 0 Å². The van der Waals surface area contributed by atoms with Crippen LogP contribution in [0.1, 0.15) is 23.4 Å². The van der Waals surface area contributed by atoms with Gasteiger partial charge >= 0.3 is 5.97 Å². The third-order valence-corrected chi connectivity index (χ3v) is 3.30. The van der Waals surface area contributed by atoms with E-state index in [1.165, 1.54) is 0 Å². The smallest absolute Gasteiger partial charge is 0.305 e. The van der Waals surface area contributed by atoms with Gasteiger partial charge in [-0.05, 0) is 13.8 Å². The zero-order valence-corrected chi connectivity index (χ0v) is 10.7. The first-order chi connectivity index (χ1) is 8.58. The maximum atomic E-state index is 10.8. The molecule has 1 fully saturated rings. The van der Waals surface area contributed by atoms with Gasteiger partial charge in [0, 0.05) is 24.7 Å². The van der Waals surface area contributed by atoms with Crippen LogP contribution in [0.5, 0.6) is 0 Å². The number of aryl methyl sites for hydroxylation is 2. The maximum absolute atomic E-state index is 10.8. The minimum absolute atomic E-state index is 0.0788. The third-order valence-electron chi connectivity index (χ3n) is 3.30. The van der Waals surface area contributed by atoms with Crippen LogP contribution in [0.3, 0.4) is 0 Å². The van der Waals surface area contributed by atoms with E-state index < -0.39 is 5.97 Å². The number of aliphatic carboxylic acids is 1. The lowest BCUT2D eigenvalue weighted by molar-refractivity contribution is -0.140. The number of ether oxygens (including phenoxy) is 1. The molecule has 1 aliphatic rings. The molecule has 1 aromatic rings. The first-order valence-electron chi connectivity index (χ1n) is 6.03. The number of morpholine rings is 1. The molecule has 0 spiro atoms. The number of nitrogens with zero attached hydrogens (tertiary/aromatic N) is 2. The molecule has 0 aliphatic carbocycles. The van der Waals surface area contributed by atoms with Crippen LogP contribution in [0.25, 0.3) is 0 Å². The van der Waals surface area contributed by atoms with E-state index in [0.717, 1.165) is 23.6 Å². The molecular weight excluding hydrogens is 236 g/mol. The Morgan fingerprint density at radius 2 is 2.33 bits per heavy atom. The summed E-state index contributed by atoms with van der Waals surface area (Å²) in [5.74, 6) is 0.00216. The van der Waals surface area contributed by atoms with Crippen molar-refractivity contribution in [2.75, 3.05) is 19.8 Å². The summed E-state index contributed by atoms with van der Waals surface area (Å²) in [4.78, 5) is 13.0. The highest BCUT2D eigenvalue weighted by Crippen LogP contribution is 2.19. The van der Waals surface area contributed by atoms with Crippen molar-refractivity contribution in [3.8, 4) is 0 Å². The summed E-state index contributed by atoms with van der Waals surface area (Å²) in [6, 6.07) is -0.0788. The van der Waals surface area contributed by atoms with Crippen LogP contribution in [-0.4, -0.2) is 46.9 Å². The summed E-state index contributed by atoms with van der Waals surface area (Å²) in [5, 5.41) is 12.8. The van der Waals surface area contributed by atoms with Gasteiger partial charge in [0.05, 0.1) is 25.3 Å². The lowest BCUT2D eigenvalue weighted by Gasteiger charge is -2.34. The van der Waals surface area contributed by atoms with Crippen molar-refractivity contribution in [1.29, 1.82) is 0 Å². The molecule has 1 aromatic heterocycles. The second kappa shape index (κ2) is 5.49. The zero-order chi connectivity index (χ0) is 13.1. The molecule has 2 rings (SSSR count). The summed E-state index contributed by atoms with van der Waals surface area (Å²) in [6.07, 6.45) is 0.101. The number of aromatic nitrogens is 1. The first-order valence-corrected chi connectivity index (χ1v) is 6.03. The van der Waals surface area contributed by atoms with E-state index >= 15 is 0 Å². The van der Waals surface area contributed by atoms with E-state index in [9.17, 15) is 4.79 Å². The largest absolute Gasteiger partial charge is 0.481 e. The van der Waals surface area contributed by atoms with Gasteiger partial charge in [-0.1, -0.05) is 5.16 Å². The third kappa shape index (κ3) is 2.88. The molecule has 0 amide bonds. The molecule has 0 unspecified atom stereocenters. The normalized spacial score (nSPS) is 21.1.